The van der Waals surface area contributed by atoms with Crippen molar-refractivity contribution in [3.05, 3.63) is 76.4 Å². The minimum absolute atomic E-state index is 0.0179. The van der Waals surface area contributed by atoms with Gasteiger partial charge in [0.15, 0.2) is 5.69 Å². The number of nitrogens with zero attached hydrogens (tertiary/aromatic N) is 2. The molecule has 3 aromatic rings. The Labute approximate surface area is 215 Å². The van der Waals surface area contributed by atoms with Crippen molar-refractivity contribution in [3.63, 3.8) is 0 Å². The van der Waals surface area contributed by atoms with Crippen molar-refractivity contribution < 1.29 is 24.5 Å². The molecule has 2 aromatic carbocycles. The monoisotopic (exact) mass is 513 g/mol. The fourth-order valence-corrected chi connectivity index (χ4v) is 3.64. The molecule has 0 saturated carbocycles. The van der Waals surface area contributed by atoms with Crippen molar-refractivity contribution in [2.24, 2.45) is 5.41 Å². The second kappa shape index (κ2) is 10.7. The number of benzene rings is 2. The number of hydrogen-bond donors (Lipinski definition) is 3. The van der Waals surface area contributed by atoms with Gasteiger partial charge < -0.3 is 20.3 Å². The van der Waals surface area contributed by atoms with Crippen LogP contribution in [-0.2, 0) is 4.79 Å². The van der Waals surface area contributed by atoms with Crippen LogP contribution in [0.5, 0.6) is 5.88 Å². The van der Waals surface area contributed by atoms with Gasteiger partial charge in [-0.2, -0.15) is 9.78 Å². The van der Waals surface area contributed by atoms with Gasteiger partial charge in [-0.3, -0.25) is 9.59 Å². The number of hydrogen-bond acceptors (Lipinski definition) is 5. The average Bonchev–Trinajstić information content (AvgIpc) is 3.21. The SMILES string of the molecule is Cc1ccccc1C(CC(=O)O)NC(=O)c1cc(OCC(C)(O)C(C)(C)C)n(-c2ccccc2Cl)n1. The molecule has 1 amide bonds. The normalized spacial score (nSPS) is 14.1. The zero-order valence-corrected chi connectivity index (χ0v) is 21.8. The van der Waals surface area contributed by atoms with Gasteiger partial charge in [0, 0.05) is 6.07 Å². The number of aliphatic carboxylic acids is 1. The molecule has 36 heavy (non-hydrogen) atoms. The molecule has 2 atom stereocenters. The van der Waals surface area contributed by atoms with E-state index in [0.717, 1.165) is 5.56 Å². The predicted octanol–water partition coefficient (Wildman–Crippen LogP) is 4.96. The Balaban J connectivity index is 1.97. The first kappa shape index (κ1) is 27.2. The number of nitrogens with one attached hydrogen (secondary N) is 1. The van der Waals surface area contributed by atoms with Gasteiger partial charge in [-0.1, -0.05) is 68.8 Å². The number of para-hydroxylation sites is 1. The summed E-state index contributed by atoms with van der Waals surface area (Å²) in [6.07, 6.45) is -0.292. The largest absolute Gasteiger partial charge is 0.481 e. The van der Waals surface area contributed by atoms with Crippen LogP contribution in [0.3, 0.4) is 0 Å². The maximum Gasteiger partial charge on any atom is 0.305 e. The van der Waals surface area contributed by atoms with Crippen molar-refractivity contribution in [1.82, 2.24) is 15.1 Å². The molecule has 9 heteroatoms. The third kappa shape index (κ3) is 6.25. The van der Waals surface area contributed by atoms with Crippen molar-refractivity contribution in [2.45, 2.75) is 52.7 Å². The van der Waals surface area contributed by atoms with Crippen LogP contribution >= 0.6 is 11.6 Å². The first-order valence-electron chi connectivity index (χ1n) is 11.6. The van der Waals surface area contributed by atoms with E-state index in [9.17, 15) is 19.8 Å². The molecule has 0 aliphatic carbocycles. The molecule has 8 nitrogen and oxygen atoms in total. The summed E-state index contributed by atoms with van der Waals surface area (Å²) in [6.45, 7) is 9.17. The van der Waals surface area contributed by atoms with Gasteiger partial charge in [-0.15, -0.1) is 0 Å². The third-order valence-electron chi connectivity index (χ3n) is 6.35. The van der Waals surface area contributed by atoms with Gasteiger partial charge in [-0.25, -0.2) is 0 Å². The summed E-state index contributed by atoms with van der Waals surface area (Å²) in [7, 11) is 0. The van der Waals surface area contributed by atoms with E-state index in [4.69, 9.17) is 16.3 Å². The lowest BCUT2D eigenvalue weighted by molar-refractivity contribution is -0.137. The highest BCUT2D eigenvalue weighted by atomic mass is 35.5. The summed E-state index contributed by atoms with van der Waals surface area (Å²) in [6, 6.07) is 14.9. The molecule has 0 aliphatic heterocycles. The molecule has 2 unspecified atom stereocenters. The fourth-order valence-electron chi connectivity index (χ4n) is 3.43. The van der Waals surface area contributed by atoms with Crippen molar-refractivity contribution in [2.75, 3.05) is 6.61 Å². The lowest BCUT2D eigenvalue weighted by Crippen LogP contribution is -2.45. The van der Waals surface area contributed by atoms with E-state index in [1.165, 1.54) is 10.7 Å². The molecule has 3 rings (SSSR count). The molecular weight excluding hydrogens is 482 g/mol. The summed E-state index contributed by atoms with van der Waals surface area (Å²) in [5.74, 6) is -1.40. The molecule has 0 bridgehead atoms. The average molecular weight is 514 g/mol. The fraction of sp³-hybridized carbons (Fsp3) is 0.370. The number of aryl methyl sites for hydroxylation is 1. The molecule has 0 spiro atoms. The number of halogens is 1. The zero-order chi connectivity index (χ0) is 26.7. The van der Waals surface area contributed by atoms with E-state index >= 15 is 0 Å². The van der Waals surface area contributed by atoms with Gasteiger partial charge in [0.05, 0.1) is 23.2 Å². The van der Waals surface area contributed by atoms with Gasteiger partial charge in [-0.05, 0) is 42.5 Å². The standard InChI is InChI=1S/C27H32ClN3O5/c1-17-10-6-7-11-18(17)20(15-24(32)33)29-25(34)21-14-23(36-16-27(5,35)26(2,3)4)31(30-21)22-13-9-8-12-19(22)28/h6-14,20,35H,15-16H2,1-5H3,(H,29,34)(H,32,33). The van der Waals surface area contributed by atoms with Crippen LogP contribution in [0.2, 0.25) is 5.02 Å². The highest BCUT2D eigenvalue weighted by Gasteiger charge is 2.36. The molecule has 0 saturated heterocycles. The van der Waals surface area contributed by atoms with E-state index in [1.807, 2.05) is 39.8 Å². The van der Waals surface area contributed by atoms with Crippen molar-refractivity contribution in [3.8, 4) is 11.6 Å². The summed E-state index contributed by atoms with van der Waals surface area (Å²) < 4.78 is 7.36. The number of amides is 1. The van der Waals surface area contributed by atoms with Crippen LogP contribution < -0.4 is 10.1 Å². The number of carboxylic acid groups (broad SMARTS) is 1. The maximum atomic E-state index is 13.2. The second-order valence-electron chi connectivity index (χ2n) is 10.0. The molecule has 0 radical (unpaired) electrons. The lowest BCUT2D eigenvalue weighted by atomic mass is 9.78. The minimum atomic E-state index is -1.18. The number of carboxylic acids is 1. The van der Waals surface area contributed by atoms with E-state index in [1.54, 1.807) is 43.3 Å². The number of aromatic nitrogens is 2. The van der Waals surface area contributed by atoms with Crippen LogP contribution in [-0.4, -0.2) is 44.1 Å². The second-order valence-corrected chi connectivity index (χ2v) is 10.4. The Bertz CT molecular complexity index is 1250. The summed E-state index contributed by atoms with van der Waals surface area (Å²) in [5, 5.41) is 27.9. The molecule has 0 aliphatic rings. The minimum Gasteiger partial charge on any atom is -0.481 e. The van der Waals surface area contributed by atoms with E-state index in [2.05, 4.69) is 10.4 Å². The van der Waals surface area contributed by atoms with Gasteiger partial charge in [0.2, 0.25) is 5.88 Å². The maximum absolute atomic E-state index is 13.2. The highest BCUT2D eigenvalue weighted by molar-refractivity contribution is 6.32. The predicted molar refractivity (Wildman–Crippen MR) is 138 cm³/mol. The molecule has 3 N–H and O–H groups in total. The Morgan fingerprint density at radius 2 is 1.75 bits per heavy atom. The molecule has 1 heterocycles. The smallest absolute Gasteiger partial charge is 0.305 e. The van der Waals surface area contributed by atoms with Crippen LogP contribution in [0.25, 0.3) is 5.69 Å². The first-order chi connectivity index (χ1) is 16.8. The number of aliphatic hydroxyl groups is 1. The highest BCUT2D eigenvalue weighted by Crippen LogP contribution is 2.32. The van der Waals surface area contributed by atoms with Crippen molar-refractivity contribution >= 4 is 23.5 Å². The van der Waals surface area contributed by atoms with Crippen LogP contribution in [0.4, 0.5) is 0 Å². The summed E-state index contributed by atoms with van der Waals surface area (Å²) >= 11 is 6.39. The topological polar surface area (TPSA) is 114 Å². The zero-order valence-electron chi connectivity index (χ0n) is 21.1. The third-order valence-corrected chi connectivity index (χ3v) is 6.67. The lowest BCUT2D eigenvalue weighted by Gasteiger charge is -2.36. The van der Waals surface area contributed by atoms with E-state index < -0.39 is 28.9 Å². The first-order valence-corrected chi connectivity index (χ1v) is 12.0. The summed E-state index contributed by atoms with van der Waals surface area (Å²) in [5.41, 5.74) is 0.423. The molecule has 1 aromatic heterocycles. The van der Waals surface area contributed by atoms with Gasteiger partial charge in [0.25, 0.3) is 5.91 Å². The number of carbonyl (C=O) groups is 2. The Hall–Kier alpha value is -3.36. The Morgan fingerprint density at radius 1 is 1.11 bits per heavy atom. The number of carbonyl (C=O) groups excluding carboxylic acids is 1. The van der Waals surface area contributed by atoms with E-state index in [-0.39, 0.29) is 24.6 Å². The van der Waals surface area contributed by atoms with E-state index in [0.29, 0.717) is 16.3 Å². The van der Waals surface area contributed by atoms with Gasteiger partial charge >= 0.3 is 5.97 Å². The summed E-state index contributed by atoms with van der Waals surface area (Å²) in [4.78, 5) is 24.8. The number of ether oxygens (including phenoxy) is 1. The van der Waals surface area contributed by atoms with Crippen molar-refractivity contribution in [1.29, 1.82) is 0 Å². The molecular formula is C27H32ClN3O5. The Morgan fingerprint density at radius 3 is 2.36 bits per heavy atom. The molecule has 192 valence electrons. The quantitative estimate of drug-likeness (QED) is 0.373. The van der Waals surface area contributed by atoms with Crippen LogP contribution in [0.1, 0.15) is 61.8 Å². The van der Waals surface area contributed by atoms with Crippen LogP contribution in [0.15, 0.2) is 54.6 Å². The Kier molecular flexibility index (Phi) is 8.11. The number of rotatable bonds is 9. The molecule has 0 fully saturated rings. The van der Waals surface area contributed by atoms with Gasteiger partial charge in [0.1, 0.15) is 12.2 Å². The van der Waals surface area contributed by atoms with Crippen LogP contribution in [0, 0.1) is 12.3 Å².